The van der Waals surface area contributed by atoms with E-state index < -0.39 is 0 Å². The first-order chi connectivity index (χ1) is 9.58. The van der Waals surface area contributed by atoms with Gasteiger partial charge in [-0.25, -0.2) is 0 Å². The molecule has 106 valence electrons. The molecule has 1 aromatic heterocycles. The number of likely N-dealkylation sites (N-methyl/N-ethyl adjacent to an activating group) is 1. The van der Waals surface area contributed by atoms with Gasteiger partial charge in [0.05, 0.1) is 11.9 Å². The molecule has 2 rings (SSSR count). The smallest absolute Gasteiger partial charge is 0.241 e. The van der Waals surface area contributed by atoms with E-state index in [9.17, 15) is 9.90 Å². The summed E-state index contributed by atoms with van der Waals surface area (Å²) < 4.78 is 1.57. The Labute approximate surface area is 117 Å². The molecule has 0 aliphatic heterocycles. The zero-order valence-electron chi connectivity index (χ0n) is 11.5. The van der Waals surface area contributed by atoms with Crippen molar-refractivity contribution in [2.45, 2.75) is 19.5 Å². The predicted molar refractivity (Wildman–Crippen MR) is 76.4 cm³/mol. The molecule has 1 heterocycles. The van der Waals surface area contributed by atoms with Gasteiger partial charge in [-0.3, -0.25) is 9.48 Å². The van der Waals surface area contributed by atoms with Crippen LogP contribution < -0.4 is 10.6 Å². The molecule has 2 aromatic rings. The zero-order valence-corrected chi connectivity index (χ0v) is 11.5. The first-order valence-electron chi connectivity index (χ1n) is 6.37. The van der Waals surface area contributed by atoms with Gasteiger partial charge in [-0.15, -0.1) is 0 Å². The largest absolute Gasteiger partial charge is 0.508 e. The van der Waals surface area contributed by atoms with Crippen molar-refractivity contribution < 1.29 is 9.90 Å². The third-order valence-corrected chi connectivity index (χ3v) is 2.99. The fourth-order valence-corrected chi connectivity index (χ4v) is 1.85. The van der Waals surface area contributed by atoms with Crippen LogP contribution in [-0.4, -0.2) is 27.8 Å². The van der Waals surface area contributed by atoms with Gasteiger partial charge in [0.1, 0.15) is 12.3 Å². The number of anilines is 1. The number of hydrogen-bond donors (Lipinski definition) is 3. The number of carbonyl (C=O) groups excluding carboxylic acids is 1. The lowest BCUT2D eigenvalue weighted by molar-refractivity contribution is -0.121. The van der Waals surface area contributed by atoms with Gasteiger partial charge in [0.2, 0.25) is 5.91 Å². The van der Waals surface area contributed by atoms with E-state index in [2.05, 4.69) is 15.7 Å². The number of aromatic nitrogens is 2. The summed E-state index contributed by atoms with van der Waals surface area (Å²) in [6.07, 6.45) is 3.46. The number of rotatable bonds is 5. The number of phenols is 1. The molecule has 1 amide bonds. The fraction of sp³-hybridized carbons (Fsp3) is 0.286. The van der Waals surface area contributed by atoms with Crippen LogP contribution in [0.15, 0.2) is 36.7 Å². The molecule has 0 bridgehead atoms. The summed E-state index contributed by atoms with van der Waals surface area (Å²) >= 11 is 0. The Hall–Kier alpha value is -2.50. The van der Waals surface area contributed by atoms with Gasteiger partial charge in [0, 0.05) is 19.3 Å². The van der Waals surface area contributed by atoms with Crippen molar-refractivity contribution in [2.24, 2.45) is 0 Å². The molecule has 1 atom stereocenters. The lowest BCUT2D eigenvalue weighted by atomic mass is 10.1. The summed E-state index contributed by atoms with van der Waals surface area (Å²) in [6, 6.07) is 7.11. The van der Waals surface area contributed by atoms with E-state index >= 15 is 0 Å². The summed E-state index contributed by atoms with van der Waals surface area (Å²) in [5.74, 6) is 0.158. The summed E-state index contributed by atoms with van der Waals surface area (Å²) in [6.45, 7) is 2.22. The highest BCUT2D eigenvalue weighted by atomic mass is 16.3. The molecule has 0 aliphatic carbocycles. The van der Waals surface area contributed by atoms with Crippen molar-refractivity contribution in [3.05, 3.63) is 42.2 Å². The highest BCUT2D eigenvalue weighted by Gasteiger charge is 2.08. The maximum atomic E-state index is 11.3. The predicted octanol–water partition coefficient (Wildman–Crippen LogP) is 1.51. The number of nitrogens with zero attached hydrogens (tertiary/aromatic N) is 2. The molecule has 6 nitrogen and oxygen atoms in total. The highest BCUT2D eigenvalue weighted by Crippen LogP contribution is 2.20. The minimum Gasteiger partial charge on any atom is -0.508 e. The van der Waals surface area contributed by atoms with Crippen molar-refractivity contribution >= 4 is 11.6 Å². The second-order valence-electron chi connectivity index (χ2n) is 4.56. The van der Waals surface area contributed by atoms with E-state index in [0.717, 1.165) is 11.3 Å². The van der Waals surface area contributed by atoms with Gasteiger partial charge < -0.3 is 15.7 Å². The van der Waals surface area contributed by atoms with Crippen LogP contribution >= 0.6 is 0 Å². The molecule has 3 N–H and O–H groups in total. The minimum atomic E-state index is -0.0915. The van der Waals surface area contributed by atoms with Crippen molar-refractivity contribution in [3.63, 3.8) is 0 Å². The Balaban J connectivity index is 1.99. The molecule has 6 heteroatoms. The number of phenolic OH excluding ortho intramolecular Hbond substituents is 1. The number of aromatic hydroxyl groups is 1. The van der Waals surface area contributed by atoms with E-state index in [-0.39, 0.29) is 24.2 Å². The van der Waals surface area contributed by atoms with Crippen molar-refractivity contribution in [3.8, 4) is 5.75 Å². The minimum absolute atomic E-state index is 0.0771. The Morgan fingerprint density at radius 1 is 1.40 bits per heavy atom. The van der Waals surface area contributed by atoms with Crippen LogP contribution in [0.1, 0.15) is 18.5 Å². The van der Waals surface area contributed by atoms with Gasteiger partial charge in [-0.2, -0.15) is 5.10 Å². The van der Waals surface area contributed by atoms with Crippen LogP contribution in [0, 0.1) is 0 Å². The van der Waals surface area contributed by atoms with Crippen LogP contribution in [0.25, 0.3) is 0 Å². The van der Waals surface area contributed by atoms with Crippen molar-refractivity contribution in [1.82, 2.24) is 15.1 Å². The molecule has 1 unspecified atom stereocenters. The third-order valence-electron chi connectivity index (χ3n) is 2.99. The first-order valence-corrected chi connectivity index (χ1v) is 6.37. The second-order valence-corrected chi connectivity index (χ2v) is 4.56. The van der Waals surface area contributed by atoms with Crippen LogP contribution in [-0.2, 0) is 11.3 Å². The first kappa shape index (κ1) is 13.9. The maximum absolute atomic E-state index is 11.3. The number of amides is 1. The summed E-state index contributed by atoms with van der Waals surface area (Å²) in [5.41, 5.74) is 1.90. The van der Waals surface area contributed by atoms with Gasteiger partial charge >= 0.3 is 0 Å². The SMILES string of the molecule is CNC(=O)Cn1cc(NC(C)c2ccc(O)cc2)cn1. The van der Waals surface area contributed by atoms with Crippen LogP contribution in [0.2, 0.25) is 0 Å². The summed E-state index contributed by atoms with van der Waals surface area (Å²) in [5, 5.41) is 19.2. The monoisotopic (exact) mass is 274 g/mol. The average Bonchev–Trinajstić information content (AvgIpc) is 2.86. The standard InChI is InChI=1S/C14H18N4O2/c1-10(11-3-5-13(19)6-4-11)17-12-7-16-18(8-12)9-14(20)15-2/h3-8,10,17,19H,9H2,1-2H3,(H,15,20). The van der Waals surface area contributed by atoms with E-state index in [1.807, 2.05) is 19.1 Å². The molecule has 0 spiro atoms. The van der Waals surface area contributed by atoms with Gasteiger partial charge in [-0.1, -0.05) is 12.1 Å². The van der Waals surface area contributed by atoms with Gasteiger partial charge in [0.25, 0.3) is 0 Å². The second kappa shape index (κ2) is 6.10. The van der Waals surface area contributed by atoms with Crippen molar-refractivity contribution in [1.29, 1.82) is 0 Å². The van der Waals surface area contributed by atoms with Gasteiger partial charge in [-0.05, 0) is 24.6 Å². The number of hydrogen-bond acceptors (Lipinski definition) is 4. The molecule has 0 aliphatic rings. The molecule has 0 saturated carbocycles. The molecule has 1 aromatic carbocycles. The number of carbonyl (C=O) groups is 1. The molecular formula is C14H18N4O2. The van der Waals surface area contributed by atoms with E-state index in [0.29, 0.717) is 0 Å². The zero-order chi connectivity index (χ0) is 14.5. The Bertz CT molecular complexity index is 577. The highest BCUT2D eigenvalue weighted by molar-refractivity contribution is 5.75. The molecule has 0 radical (unpaired) electrons. The molecule has 0 fully saturated rings. The quantitative estimate of drug-likeness (QED) is 0.772. The molecular weight excluding hydrogens is 256 g/mol. The topological polar surface area (TPSA) is 79.2 Å². The Morgan fingerprint density at radius 2 is 2.10 bits per heavy atom. The molecule has 0 saturated heterocycles. The number of benzene rings is 1. The Morgan fingerprint density at radius 3 is 2.75 bits per heavy atom. The average molecular weight is 274 g/mol. The van der Waals surface area contributed by atoms with Gasteiger partial charge in [0.15, 0.2) is 0 Å². The summed E-state index contributed by atoms with van der Waals surface area (Å²) in [7, 11) is 1.60. The normalized spacial score (nSPS) is 11.9. The van der Waals surface area contributed by atoms with Crippen molar-refractivity contribution in [2.75, 3.05) is 12.4 Å². The number of nitrogens with one attached hydrogen (secondary N) is 2. The van der Waals surface area contributed by atoms with E-state index in [1.54, 1.807) is 36.3 Å². The summed E-state index contributed by atoms with van der Waals surface area (Å²) in [4.78, 5) is 11.3. The molecule has 20 heavy (non-hydrogen) atoms. The maximum Gasteiger partial charge on any atom is 0.241 e. The van der Waals surface area contributed by atoms with Crippen LogP contribution in [0.5, 0.6) is 5.75 Å². The van der Waals surface area contributed by atoms with Crippen LogP contribution in [0.3, 0.4) is 0 Å². The Kier molecular flexibility index (Phi) is 4.24. The van der Waals surface area contributed by atoms with E-state index in [4.69, 9.17) is 0 Å². The van der Waals surface area contributed by atoms with E-state index in [1.165, 1.54) is 0 Å². The lowest BCUT2D eigenvalue weighted by Crippen LogP contribution is -2.23. The van der Waals surface area contributed by atoms with Crippen LogP contribution in [0.4, 0.5) is 5.69 Å². The lowest BCUT2D eigenvalue weighted by Gasteiger charge is -2.13. The third kappa shape index (κ3) is 3.50. The fourth-order valence-electron chi connectivity index (χ4n) is 1.85.